The maximum Gasteiger partial charge on any atom is 0.255 e. The van der Waals surface area contributed by atoms with Gasteiger partial charge in [0, 0.05) is 31.6 Å². The van der Waals surface area contributed by atoms with E-state index in [0.717, 1.165) is 24.1 Å². The van der Waals surface area contributed by atoms with Gasteiger partial charge in [-0.3, -0.25) is 19.7 Å². The number of fused-ring (bicyclic) bond motifs is 1. The third kappa shape index (κ3) is 4.33. The summed E-state index contributed by atoms with van der Waals surface area (Å²) < 4.78 is 14.9. The van der Waals surface area contributed by atoms with Crippen molar-refractivity contribution in [2.75, 3.05) is 19.6 Å². The number of benzene rings is 1. The van der Waals surface area contributed by atoms with Gasteiger partial charge in [0.1, 0.15) is 11.7 Å². The van der Waals surface area contributed by atoms with Crippen molar-refractivity contribution in [3.05, 3.63) is 34.9 Å². The first-order chi connectivity index (χ1) is 14.0. The summed E-state index contributed by atoms with van der Waals surface area (Å²) in [7, 11) is 0. The Morgan fingerprint density at radius 2 is 2.07 bits per heavy atom. The van der Waals surface area contributed by atoms with Crippen LogP contribution >= 0.6 is 0 Å². The normalized spacial score (nSPS) is 27.6. The molecule has 0 aromatic heterocycles. The lowest BCUT2D eigenvalue weighted by atomic mass is 9.97. The van der Waals surface area contributed by atoms with E-state index in [1.807, 2.05) is 12.1 Å². The van der Waals surface area contributed by atoms with Crippen LogP contribution in [-0.2, 0) is 22.7 Å². The van der Waals surface area contributed by atoms with Crippen LogP contribution in [0.2, 0.25) is 0 Å². The van der Waals surface area contributed by atoms with Crippen molar-refractivity contribution in [3.8, 4) is 0 Å². The molecular weight excluding hydrogens is 375 g/mol. The van der Waals surface area contributed by atoms with E-state index in [-0.39, 0.29) is 18.2 Å². The highest BCUT2D eigenvalue weighted by atomic mass is 19.1. The molecule has 156 valence electrons. The minimum Gasteiger partial charge on any atom is -0.322 e. The molecule has 29 heavy (non-hydrogen) atoms. The van der Waals surface area contributed by atoms with Gasteiger partial charge in [-0.1, -0.05) is 12.1 Å². The molecule has 3 amide bonds. The summed E-state index contributed by atoms with van der Waals surface area (Å²) in [5.41, 5.74) is 1.26. The maximum absolute atomic E-state index is 14.9. The lowest BCUT2D eigenvalue weighted by Gasteiger charge is -2.29. The highest BCUT2D eigenvalue weighted by molar-refractivity contribution is 6.05. The zero-order chi connectivity index (χ0) is 20.4. The number of alkyl halides is 1. The van der Waals surface area contributed by atoms with E-state index in [1.54, 1.807) is 11.0 Å². The van der Waals surface area contributed by atoms with Crippen molar-refractivity contribution in [2.24, 2.45) is 0 Å². The lowest BCUT2D eigenvalue weighted by molar-refractivity contribution is -0.136. The number of halogens is 1. The van der Waals surface area contributed by atoms with Gasteiger partial charge in [0.2, 0.25) is 11.8 Å². The van der Waals surface area contributed by atoms with Crippen LogP contribution in [0.25, 0.3) is 0 Å². The highest BCUT2D eigenvalue weighted by Gasteiger charge is 2.39. The zero-order valence-electron chi connectivity index (χ0n) is 16.4. The van der Waals surface area contributed by atoms with Gasteiger partial charge >= 0.3 is 0 Å². The van der Waals surface area contributed by atoms with Gasteiger partial charge in [-0.2, -0.15) is 0 Å². The smallest absolute Gasteiger partial charge is 0.255 e. The van der Waals surface area contributed by atoms with Crippen LogP contribution in [0, 0.1) is 0 Å². The molecule has 1 aromatic rings. The number of carbonyl (C=O) groups excluding carboxylic acids is 3. The lowest BCUT2D eigenvalue weighted by Crippen LogP contribution is -2.52. The topological polar surface area (TPSA) is 90.5 Å². The van der Waals surface area contributed by atoms with E-state index in [0.29, 0.717) is 51.0 Å². The third-order valence-electron chi connectivity index (χ3n) is 6.09. The average Bonchev–Trinajstić information content (AvgIpc) is 2.85. The predicted octanol–water partition coefficient (Wildman–Crippen LogP) is 1.02. The molecule has 2 unspecified atom stereocenters. The molecule has 0 bridgehead atoms. The van der Waals surface area contributed by atoms with Crippen molar-refractivity contribution >= 4 is 17.7 Å². The molecular formula is C21H27FN4O3. The van der Waals surface area contributed by atoms with Crippen LogP contribution in [0.15, 0.2) is 18.2 Å². The Labute approximate surface area is 169 Å². The van der Waals surface area contributed by atoms with Gasteiger partial charge in [0.05, 0.1) is 0 Å². The van der Waals surface area contributed by atoms with Crippen molar-refractivity contribution in [3.63, 3.8) is 0 Å². The van der Waals surface area contributed by atoms with Crippen LogP contribution in [0.1, 0.15) is 53.6 Å². The Morgan fingerprint density at radius 3 is 2.90 bits per heavy atom. The number of carbonyl (C=O) groups is 3. The Kier molecular flexibility index (Phi) is 5.65. The standard InChI is InChI=1S/C21H27FN4O3/c22-21(6-1-8-23-9-7-21)13-24-11-14-2-3-16-15(10-14)12-26(20(16)29)17-4-5-18(27)25-19(17)28/h2-3,10,17,23-24H,1,4-9,11-13H2,(H,25,27,28). The van der Waals surface area contributed by atoms with Gasteiger partial charge in [-0.05, 0) is 56.0 Å². The fourth-order valence-corrected chi connectivity index (χ4v) is 4.44. The molecule has 8 heteroatoms. The molecule has 3 heterocycles. The Bertz CT molecular complexity index is 820. The zero-order valence-corrected chi connectivity index (χ0v) is 16.4. The molecule has 0 aliphatic carbocycles. The molecule has 0 radical (unpaired) electrons. The van der Waals surface area contributed by atoms with Crippen LogP contribution < -0.4 is 16.0 Å². The van der Waals surface area contributed by atoms with Crippen molar-refractivity contribution in [1.82, 2.24) is 20.9 Å². The molecule has 2 fully saturated rings. The summed E-state index contributed by atoms with van der Waals surface area (Å²) in [6, 6.07) is 4.99. The number of nitrogens with one attached hydrogen (secondary N) is 3. The third-order valence-corrected chi connectivity index (χ3v) is 6.09. The number of hydrogen-bond acceptors (Lipinski definition) is 5. The van der Waals surface area contributed by atoms with Gasteiger partial charge in [0.15, 0.2) is 0 Å². The first-order valence-corrected chi connectivity index (χ1v) is 10.3. The minimum absolute atomic E-state index is 0.178. The van der Waals surface area contributed by atoms with Crippen LogP contribution in [0.3, 0.4) is 0 Å². The maximum atomic E-state index is 14.9. The fraction of sp³-hybridized carbons (Fsp3) is 0.571. The van der Waals surface area contributed by atoms with Gasteiger partial charge in [0.25, 0.3) is 5.91 Å². The number of hydrogen-bond donors (Lipinski definition) is 3. The molecule has 3 N–H and O–H groups in total. The van der Waals surface area contributed by atoms with Crippen molar-refractivity contribution < 1.29 is 18.8 Å². The predicted molar refractivity (Wildman–Crippen MR) is 105 cm³/mol. The SMILES string of the molecule is O=C1CCC(N2Cc3cc(CNCC4(F)CCCNCC4)ccc3C2=O)C(=O)N1. The van der Waals surface area contributed by atoms with Crippen LogP contribution in [0.4, 0.5) is 4.39 Å². The molecule has 3 aliphatic heterocycles. The molecule has 3 aliphatic rings. The summed E-state index contributed by atoms with van der Waals surface area (Å²) in [6.07, 6.45) is 2.51. The first-order valence-electron chi connectivity index (χ1n) is 10.3. The van der Waals surface area contributed by atoms with Crippen LogP contribution in [-0.4, -0.2) is 54.0 Å². The summed E-state index contributed by atoms with van der Waals surface area (Å²) in [4.78, 5) is 37.7. The van der Waals surface area contributed by atoms with Crippen LogP contribution in [0.5, 0.6) is 0 Å². The van der Waals surface area contributed by atoms with E-state index in [1.165, 1.54) is 0 Å². The quantitative estimate of drug-likeness (QED) is 0.640. The van der Waals surface area contributed by atoms with E-state index in [9.17, 15) is 18.8 Å². The van der Waals surface area contributed by atoms with Crippen molar-refractivity contribution in [1.29, 1.82) is 0 Å². The van der Waals surface area contributed by atoms with E-state index < -0.39 is 17.6 Å². The van der Waals surface area contributed by atoms with Gasteiger partial charge < -0.3 is 15.5 Å². The van der Waals surface area contributed by atoms with E-state index in [2.05, 4.69) is 16.0 Å². The van der Waals surface area contributed by atoms with Gasteiger partial charge in [-0.15, -0.1) is 0 Å². The fourth-order valence-electron chi connectivity index (χ4n) is 4.44. The summed E-state index contributed by atoms with van der Waals surface area (Å²) >= 11 is 0. The van der Waals surface area contributed by atoms with Crippen molar-refractivity contribution in [2.45, 2.75) is 56.9 Å². The average molecular weight is 402 g/mol. The summed E-state index contributed by atoms with van der Waals surface area (Å²) in [6.45, 7) is 2.77. The van der Waals surface area contributed by atoms with E-state index in [4.69, 9.17) is 0 Å². The molecule has 1 aromatic carbocycles. The monoisotopic (exact) mass is 402 g/mol. The summed E-state index contributed by atoms with van der Waals surface area (Å²) in [5.74, 6) is -0.878. The second-order valence-electron chi connectivity index (χ2n) is 8.25. The second kappa shape index (κ2) is 8.20. The largest absolute Gasteiger partial charge is 0.322 e. The highest BCUT2D eigenvalue weighted by Crippen LogP contribution is 2.28. The molecule has 7 nitrogen and oxygen atoms in total. The Hall–Kier alpha value is -2.32. The van der Waals surface area contributed by atoms with Gasteiger partial charge in [-0.25, -0.2) is 4.39 Å². The molecule has 2 saturated heterocycles. The molecule has 0 saturated carbocycles. The second-order valence-corrected chi connectivity index (χ2v) is 8.25. The Morgan fingerprint density at radius 1 is 1.21 bits per heavy atom. The molecule has 2 atom stereocenters. The molecule has 4 rings (SSSR count). The first kappa shape index (κ1) is 20.0. The van der Waals surface area contributed by atoms with E-state index >= 15 is 0 Å². The number of imide groups is 1. The number of nitrogens with zero attached hydrogens (tertiary/aromatic N) is 1. The number of piperidine rings is 1. The number of amides is 3. The number of rotatable bonds is 5. The Balaban J connectivity index is 1.37. The summed E-state index contributed by atoms with van der Waals surface area (Å²) in [5, 5.41) is 8.76. The molecule has 0 spiro atoms. The minimum atomic E-state index is -1.18.